The Balaban J connectivity index is 1.98. The summed E-state index contributed by atoms with van der Waals surface area (Å²) in [6.07, 6.45) is 3.73. The Labute approximate surface area is 160 Å². The van der Waals surface area contributed by atoms with Crippen molar-refractivity contribution >= 4 is 52.2 Å². The van der Waals surface area contributed by atoms with Crippen LogP contribution in [0.5, 0.6) is 0 Å². The summed E-state index contributed by atoms with van der Waals surface area (Å²) in [7, 11) is 0. The molecule has 0 atom stereocenters. The molecule has 0 bridgehead atoms. The summed E-state index contributed by atoms with van der Waals surface area (Å²) in [4.78, 5) is 36.4. The average Bonchev–Trinajstić information content (AvgIpc) is 2.85. The SMILES string of the molecule is CC(=C\c1ccccc1)/C=C1/SC(=S)N(CCC(=O)NCC(=O)O)C1=O. The highest BCUT2D eigenvalue weighted by Crippen LogP contribution is 2.32. The lowest BCUT2D eigenvalue weighted by Gasteiger charge is -2.13. The van der Waals surface area contributed by atoms with Gasteiger partial charge in [-0.15, -0.1) is 0 Å². The number of nitrogens with zero attached hydrogens (tertiary/aromatic N) is 1. The minimum absolute atomic E-state index is 0.00810. The zero-order valence-corrected chi connectivity index (χ0v) is 15.7. The van der Waals surface area contributed by atoms with E-state index in [-0.39, 0.29) is 18.9 Å². The molecule has 1 fully saturated rings. The van der Waals surface area contributed by atoms with Crippen molar-refractivity contribution in [2.45, 2.75) is 13.3 Å². The molecule has 1 aliphatic rings. The third-order valence-corrected chi connectivity index (χ3v) is 4.80. The molecule has 2 N–H and O–H groups in total. The van der Waals surface area contributed by atoms with Gasteiger partial charge in [-0.25, -0.2) is 0 Å². The van der Waals surface area contributed by atoms with Gasteiger partial charge in [-0.3, -0.25) is 19.3 Å². The van der Waals surface area contributed by atoms with Gasteiger partial charge in [-0.05, 0) is 24.1 Å². The van der Waals surface area contributed by atoms with Gasteiger partial charge in [0.2, 0.25) is 5.91 Å². The summed E-state index contributed by atoms with van der Waals surface area (Å²) in [5.74, 6) is -1.80. The van der Waals surface area contributed by atoms with Gasteiger partial charge >= 0.3 is 5.97 Å². The van der Waals surface area contributed by atoms with E-state index in [1.165, 1.54) is 16.7 Å². The topological polar surface area (TPSA) is 86.7 Å². The van der Waals surface area contributed by atoms with E-state index in [1.807, 2.05) is 43.3 Å². The first kappa shape index (κ1) is 19.9. The van der Waals surface area contributed by atoms with Crippen LogP contribution in [0.25, 0.3) is 6.08 Å². The zero-order valence-electron chi connectivity index (χ0n) is 14.1. The van der Waals surface area contributed by atoms with E-state index in [1.54, 1.807) is 6.08 Å². The molecule has 1 aliphatic heterocycles. The van der Waals surface area contributed by atoms with Gasteiger partial charge in [0.15, 0.2) is 0 Å². The van der Waals surface area contributed by atoms with Crippen molar-refractivity contribution in [1.29, 1.82) is 0 Å². The molecule has 0 unspecified atom stereocenters. The van der Waals surface area contributed by atoms with Gasteiger partial charge in [-0.2, -0.15) is 0 Å². The Morgan fingerprint density at radius 1 is 1.31 bits per heavy atom. The number of carboxylic acids is 1. The molecule has 0 radical (unpaired) electrons. The molecule has 26 heavy (non-hydrogen) atoms. The van der Waals surface area contributed by atoms with Gasteiger partial charge in [0, 0.05) is 13.0 Å². The van der Waals surface area contributed by atoms with Crippen LogP contribution < -0.4 is 5.32 Å². The van der Waals surface area contributed by atoms with Crippen LogP contribution in [0.4, 0.5) is 0 Å². The number of allylic oxidation sites excluding steroid dienone is 2. The maximum Gasteiger partial charge on any atom is 0.322 e. The second kappa shape index (κ2) is 9.30. The van der Waals surface area contributed by atoms with E-state index < -0.39 is 18.4 Å². The number of benzene rings is 1. The maximum atomic E-state index is 12.5. The first-order valence-corrected chi connectivity index (χ1v) is 9.06. The lowest BCUT2D eigenvalue weighted by Crippen LogP contribution is -2.35. The largest absolute Gasteiger partial charge is 0.480 e. The summed E-state index contributed by atoms with van der Waals surface area (Å²) in [5.41, 5.74) is 1.95. The van der Waals surface area contributed by atoms with Crippen molar-refractivity contribution in [1.82, 2.24) is 10.2 Å². The monoisotopic (exact) mass is 390 g/mol. The normalized spacial score (nSPS) is 16.3. The van der Waals surface area contributed by atoms with Crippen molar-refractivity contribution in [3.8, 4) is 0 Å². The lowest BCUT2D eigenvalue weighted by atomic mass is 10.1. The summed E-state index contributed by atoms with van der Waals surface area (Å²) in [5, 5.41) is 10.8. The average molecular weight is 390 g/mol. The maximum absolute atomic E-state index is 12.5. The van der Waals surface area contributed by atoms with Crippen molar-refractivity contribution < 1.29 is 19.5 Å². The van der Waals surface area contributed by atoms with E-state index in [0.717, 1.165) is 11.1 Å². The summed E-state index contributed by atoms with van der Waals surface area (Å²) in [6, 6.07) is 9.75. The Morgan fingerprint density at radius 3 is 2.65 bits per heavy atom. The molecule has 8 heteroatoms. The number of thioether (sulfide) groups is 1. The molecule has 0 aromatic heterocycles. The fourth-order valence-corrected chi connectivity index (χ4v) is 3.59. The molecule has 0 aliphatic carbocycles. The molecular weight excluding hydrogens is 372 g/mol. The van der Waals surface area contributed by atoms with E-state index in [9.17, 15) is 14.4 Å². The number of amides is 2. The van der Waals surface area contributed by atoms with Gasteiger partial charge < -0.3 is 10.4 Å². The number of nitrogens with one attached hydrogen (secondary N) is 1. The molecule has 0 saturated carbocycles. The van der Waals surface area contributed by atoms with Crippen LogP contribution in [-0.4, -0.2) is 45.2 Å². The van der Waals surface area contributed by atoms with E-state index >= 15 is 0 Å². The highest BCUT2D eigenvalue weighted by atomic mass is 32.2. The molecule has 2 rings (SSSR count). The van der Waals surface area contributed by atoms with Crippen molar-refractivity contribution in [2.75, 3.05) is 13.1 Å². The summed E-state index contributed by atoms with van der Waals surface area (Å²) >= 11 is 6.41. The number of carbonyl (C=O) groups excluding carboxylic acids is 2. The highest BCUT2D eigenvalue weighted by molar-refractivity contribution is 8.26. The molecular formula is C18H18N2O4S2. The molecule has 1 heterocycles. The van der Waals surface area contributed by atoms with Crippen LogP contribution >= 0.6 is 24.0 Å². The Hall–Kier alpha value is -2.45. The number of carbonyl (C=O) groups is 3. The predicted molar refractivity (Wildman–Crippen MR) is 105 cm³/mol. The fraction of sp³-hybridized carbons (Fsp3) is 0.222. The lowest BCUT2D eigenvalue weighted by molar-refractivity contribution is -0.138. The second-order valence-corrected chi connectivity index (χ2v) is 7.23. The van der Waals surface area contributed by atoms with Crippen LogP contribution in [0.15, 0.2) is 46.9 Å². The minimum Gasteiger partial charge on any atom is -0.480 e. The van der Waals surface area contributed by atoms with Crippen LogP contribution in [0.2, 0.25) is 0 Å². The third kappa shape index (κ3) is 5.82. The van der Waals surface area contributed by atoms with E-state index in [4.69, 9.17) is 17.3 Å². The quantitative estimate of drug-likeness (QED) is 0.549. The second-order valence-electron chi connectivity index (χ2n) is 5.55. The smallest absolute Gasteiger partial charge is 0.322 e. The molecule has 6 nitrogen and oxygen atoms in total. The molecule has 2 amide bonds. The van der Waals surface area contributed by atoms with Crippen LogP contribution in [0.1, 0.15) is 18.9 Å². The summed E-state index contributed by atoms with van der Waals surface area (Å²) < 4.78 is 0.389. The van der Waals surface area contributed by atoms with E-state index in [0.29, 0.717) is 9.23 Å². The number of carboxylic acid groups (broad SMARTS) is 1. The molecule has 1 aromatic carbocycles. The van der Waals surface area contributed by atoms with Crippen LogP contribution in [0.3, 0.4) is 0 Å². The molecule has 1 saturated heterocycles. The molecule has 1 aromatic rings. The number of thiocarbonyl (C=S) groups is 1. The minimum atomic E-state index is -1.12. The Morgan fingerprint density at radius 2 is 2.00 bits per heavy atom. The number of aliphatic carboxylic acids is 1. The molecule has 136 valence electrons. The standard InChI is InChI=1S/C18H18N2O4S2/c1-12(9-13-5-3-2-4-6-13)10-14-17(24)20(18(25)26-14)8-7-15(21)19-11-16(22)23/h2-6,9-10H,7-8,11H2,1H3,(H,19,21)(H,22,23)/b12-9+,14-10+. The van der Waals surface area contributed by atoms with Gasteiger partial charge in [0.1, 0.15) is 10.9 Å². The van der Waals surface area contributed by atoms with Gasteiger partial charge in [0.25, 0.3) is 5.91 Å². The Bertz CT molecular complexity index is 788. The number of hydrogen-bond donors (Lipinski definition) is 2. The Kier molecular flexibility index (Phi) is 7.11. The first-order chi connectivity index (χ1) is 12.4. The van der Waals surface area contributed by atoms with E-state index in [2.05, 4.69) is 5.32 Å². The van der Waals surface area contributed by atoms with Gasteiger partial charge in [-0.1, -0.05) is 60.4 Å². The highest BCUT2D eigenvalue weighted by Gasteiger charge is 2.32. The fourth-order valence-electron chi connectivity index (χ4n) is 2.23. The zero-order chi connectivity index (χ0) is 19.1. The van der Waals surface area contributed by atoms with Crippen molar-refractivity contribution in [3.05, 3.63) is 52.4 Å². The predicted octanol–water partition coefficient (Wildman–Crippen LogP) is 2.42. The van der Waals surface area contributed by atoms with Crippen molar-refractivity contribution in [2.24, 2.45) is 0 Å². The van der Waals surface area contributed by atoms with Gasteiger partial charge in [0.05, 0.1) is 4.91 Å². The molecule has 0 spiro atoms. The summed E-state index contributed by atoms with van der Waals surface area (Å²) in [6.45, 7) is 1.58. The third-order valence-electron chi connectivity index (χ3n) is 3.43. The van der Waals surface area contributed by atoms with Crippen molar-refractivity contribution in [3.63, 3.8) is 0 Å². The number of rotatable bonds is 7. The number of hydrogen-bond acceptors (Lipinski definition) is 5. The first-order valence-electron chi connectivity index (χ1n) is 7.84. The van der Waals surface area contributed by atoms with Crippen LogP contribution in [0, 0.1) is 0 Å². The van der Waals surface area contributed by atoms with Crippen LogP contribution in [-0.2, 0) is 14.4 Å².